The maximum atomic E-state index is 9.18. The van der Waals surface area contributed by atoms with Crippen LogP contribution in [-0.2, 0) is 0 Å². The fourth-order valence-corrected chi connectivity index (χ4v) is 3.63. The van der Waals surface area contributed by atoms with Crippen LogP contribution in [0.4, 0.5) is 0 Å². The molecule has 3 unspecified atom stereocenters. The van der Waals surface area contributed by atoms with E-state index in [2.05, 4.69) is 28.9 Å². The average molecular weight is 318 g/mol. The van der Waals surface area contributed by atoms with Crippen molar-refractivity contribution in [2.24, 2.45) is 5.73 Å². The van der Waals surface area contributed by atoms with Crippen molar-refractivity contribution in [1.82, 2.24) is 0 Å². The van der Waals surface area contributed by atoms with Crippen molar-refractivity contribution in [3.05, 3.63) is 34.3 Å². The van der Waals surface area contributed by atoms with Gasteiger partial charge >= 0.3 is 0 Å². The lowest BCUT2D eigenvalue weighted by molar-refractivity contribution is 0.299. The molecule has 0 radical (unpaired) electrons. The smallest absolute Gasteiger partial charge is 0.0547 e. The Balaban J connectivity index is 2.94. The average Bonchev–Trinajstić information content (AvgIpc) is 2.35. The normalized spacial score (nSPS) is 16.5. The summed E-state index contributed by atoms with van der Waals surface area (Å²) < 4.78 is 1.09. The second kappa shape index (κ2) is 7.41. The van der Waals surface area contributed by atoms with Crippen molar-refractivity contribution in [2.75, 3.05) is 6.61 Å². The molecule has 0 saturated carbocycles. The lowest BCUT2D eigenvalue weighted by Crippen LogP contribution is -2.27. The van der Waals surface area contributed by atoms with Gasteiger partial charge in [0, 0.05) is 21.0 Å². The van der Waals surface area contributed by atoms with Gasteiger partial charge in [0.1, 0.15) is 0 Å². The molecule has 17 heavy (non-hydrogen) atoms. The highest BCUT2D eigenvalue weighted by Gasteiger charge is 2.23. The van der Waals surface area contributed by atoms with Crippen LogP contribution in [0.3, 0.4) is 0 Å². The van der Waals surface area contributed by atoms with Gasteiger partial charge in [-0.15, -0.1) is 11.8 Å². The number of hydrogen-bond donors (Lipinski definition) is 2. The van der Waals surface area contributed by atoms with Crippen molar-refractivity contribution in [3.8, 4) is 0 Å². The van der Waals surface area contributed by atoms with Crippen LogP contribution in [0.1, 0.15) is 31.1 Å². The fraction of sp³-hybridized carbons (Fsp3) is 0.538. The van der Waals surface area contributed by atoms with Gasteiger partial charge in [0.25, 0.3) is 0 Å². The summed E-state index contributed by atoms with van der Waals surface area (Å²) in [6.45, 7) is 4.30. The molecule has 1 aromatic rings. The van der Waals surface area contributed by atoms with Crippen molar-refractivity contribution < 1.29 is 5.11 Å². The number of aliphatic hydroxyl groups excluding tert-OH is 1. The molecule has 3 N–H and O–H groups in total. The van der Waals surface area contributed by atoms with Gasteiger partial charge in [-0.05, 0) is 18.1 Å². The Morgan fingerprint density at radius 1 is 1.41 bits per heavy atom. The minimum atomic E-state index is 0.104. The Kier molecular flexibility index (Phi) is 6.55. The lowest BCUT2D eigenvalue weighted by atomic mass is 10.0. The van der Waals surface area contributed by atoms with E-state index in [1.165, 1.54) is 5.56 Å². The molecule has 1 aromatic carbocycles. The number of thioether (sulfide) groups is 1. The van der Waals surface area contributed by atoms with Gasteiger partial charge in [-0.25, -0.2) is 0 Å². The van der Waals surface area contributed by atoms with E-state index in [1.54, 1.807) is 11.8 Å². The Morgan fingerprint density at radius 2 is 2.06 bits per heavy atom. The summed E-state index contributed by atoms with van der Waals surface area (Å²) in [5.41, 5.74) is 7.41. The molecule has 0 aliphatic rings. The second-order valence-corrected chi connectivity index (χ2v) is 6.58. The zero-order valence-corrected chi connectivity index (χ0v) is 12.7. The van der Waals surface area contributed by atoms with E-state index in [-0.39, 0.29) is 23.1 Å². The van der Waals surface area contributed by atoms with Crippen LogP contribution in [0.5, 0.6) is 0 Å². The number of benzene rings is 1. The Hall–Kier alpha value is -0.0300. The zero-order valence-electron chi connectivity index (χ0n) is 10.3. The Bertz CT molecular complexity index is 348. The van der Waals surface area contributed by atoms with Gasteiger partial charge in [0.15, 0.2) is 0 Å². The van der Waals surface area contributed by atoms with Crippen LogP contribution in [0.25, 0.3) is 0 Å². The highest BCUT2D eigenvalue weighted by Crippen LogP contribution is 2.38. The molecular formula is C13H20BrNOS. The molecule has 0 heterocycles. The Morgan fingerprint density at radius 3 is 2.59 bits per heavy atom. The molecule has 3 atom stereocenters. The monoisotopic (exact) mass is 317 g/mol. The van der Waals surface area contributed by atoms with E-state index in [9.17, 15) is 5.11 Å². The second-order valence-electron chi connectivity index (χ2n) is 4.14. The number of halogens is 1. The van der Waals surface area contributed by atoms with Gasteiger partial charge in [0.2, 0.25) is 0 Å². The van der Waals surface area contributed by atoms with E-state index < -0.39 is 0 Å². The molecule has 0 aliphatic heterocycles. The maximum Gasteiger partial charge on any atom is 0.0547 e. The van der Waals surface area contributed by atoms with E-state index in [0.717, 1.165) is 10.9 Å². The molecule has 0 bridgehead atoms. The zero-order chi connectivity index (χ0) is 12.8. The largest absolute Gasteiger partial charge is 0.395 e. The topological polar surface area (TPSA) is 46.2 Å². The van der Waals surface area contributed by atoms with Crippen molar-refractivity contribution >= 4 is 27.7 Å². The fourth-order valence-electron chi connectivity index (χ4n) is 1.62. The van der Waals surface area contributed by atoms with Gasteiger partial charge < -0.3 is 10.8 Å². The summed E-state index contributed by atoms with van der Waals surface area (Å²) in [5.74, 6) is 0. The molecule has 0 aliphatic carbocycles. The van der Waals surface area contributed by atoms with Gasteiger partial charge in [-0.3, -0.25) is 0 Å². The van der Waals surface area contributed by atoms with E-state index in [0.29, 0.717) is 0 Å². The first kappa shape index (κ1) is 15.0. The van der Waals surface area contributed by atoms with Crippen molar-refractivity contribution in [1.29, 1.82) is 0 Å². The summed E-state index contributed by atoms with van der Waals surface area (Å²) in [6, 6.07) is 8.27. The van der Waals surface area contributed by atoms with E-state index in [1.807, 2.05) is 25.1 Å². The predicted molar refractivity (Wildman–Crippen MR) is 79.3 cm³/mol. The van der Waals surface area contributed by atoms with E-state index in [4.69, 9.17) is 5.73 Å². The molecule has 96 valence electrons. The summed E-state index contributed by atoms with van der Waals surface area (Å²) in [7, 11) is 0. The quantitative estimate of drug-likeness (QED) is 0.845. The van der Waals surface area contributed by atoms with Crippen LogP contribution in [0.15, 0.2) is 28.7 Å². The molecule has 0 saturated heterocycles. The molecule has 2 nitrogen and oxygen atoms in total. The van der Waals surface area contributed by atoms with Gasteiger partial charge in [-0.2, -0.15) is 0 Å². The van der Waals surface area contributed by atoms with Crippen LogP contribution >= 0.6 is 27.7 Å². The van der Waals surface area contributed by atoms with Crippen LogP contribution < -0.4 is 5.73 Å². The molecule has 0 aromatic heterocycles. The molecule has 0 fully saturated rings. The minimum Gasteiger partial charge on any atom is -0.395 e. The summed E-state index contributed by atoms with van der Waals surface area (Å²) in [6.07, 6.45) is 0.928. The van der Waals surface area contributed by atoms with Gasteiger partial charge in [0.05, 0.1) is 6.61 Å². The molecule has 1 rings (SSSR count). The van der Waals surface area contributed by atoms with Crippen LogP contribution in [0.2, 0.25) is 0 Å². The van der Waals surface area contributed by atoms with Gasteiger partial charge in [-0.1, -0.05) is 48.0 Å². The first-order chi connectivity index (χ1) is 8.10. The van der Waals surface area contributed by atoms with Crippen molar-refractivity contribution in [3.63, 3.8) is 0 Å². The maximum absolute atomic E-state index is 9.18. The van der Waals surface area contributed by atoms with Crippen LogP contribution in [0, 0.1) is 0 Å². The van der Waals surface area contributed by atoms with E-state index >= 15 is 0 Å². The molecule has 0 spiro atoms. The Labute approximate surface area is 116 Å². The standard InChI is InChI=1S/C13H20BrNOS/c1-3-12(15)13(17-9(2)8-16)10-6-4-5-7-11(10)14/h4-7,9,12-13,16H,3,8,15H2,1-2H3. The SMILES string of the molecule is CCC(N)C(SC(C)CO)c1ccccc1Br. The third-order valence-corrected chi connectivity index (χ3v) is 4.94. The first-order valence-corrected chi connectivity index (χ1v) is 7.60. The molecular weight excluding hydrogens is 298 g/mol. The van der Waals surface area contributed by atoms with Crippen molar-refractivity contribution in [2.45, 2.75) is 36.8 Å². The molecule has 0 amide bonds. The number of rotatable bonds is 6. The third kappa shape index (κ3) is 4.28. The summed E-state index contributed by atoms with van der Waals surface area (Å²) >= 11 is 5.31. The third-order valence-electron chi connectivity index (χ3n) is 2.71. The number of nitrogens with two attached hydrogens (primary N) is 1. The molecule has 4 heteroatoms. The minimum absolute atomic E-state index is 0.104. The van der Waals surface area contributed by atoms with Crippen LogP contribution in [-0.4, -0.2) is 23.0 Å². The highest BCUT2D eigenvalue weighted by molar-refractivity contribution is 9.10. The number of aliphatic hydroxyl groups is 1. The lowest BCUT2D eigenvalue weighted by Gasteiger charge is -2.26. The summed E-state index contributed by atoms with van der Waals surface area (Å²) in [4.78, 5) is 0. The summed E-state index contributed by atoms with van der Waals surface area (Å²) in [5, 5.41) is 9.60. The number of hydrogen-bond acceptors (Lipinski definition) is 3. The highest BCUT2D eigenvalue weighted by atomic mass is 79.9. The first-order valence-electron chi connectivity index (χ1n) is 5.86. The predicted octanol–water partition coefficient (Wildman–Crippen LogP) is 3.34.